The van der Waals surface area contributed by atoms with Crippen molar-refractivity contribution in [2.24, 2.45) is 5.92 Å². The van der Waals surface area contributed by atoms with Crippen LogP contribution < -0.4 is 5.32 Å². The van der Waals surface area contributed by atoms with Crippen LogP contribution >= 0.6 is 0 Å². The predicted molar refractivity (Wildman–Crippen MR) is 129 cm³/mol. The minimum Gasteiger partial charge on any atom is -0.453 e. The third kappa shape index (κ3) is 6.31. The van der Waals surface area contributed by atoms with Crippen LogP contribution in [-0.4, -0.2) is 54.7 Å². The molecule has 2 amide bonds. The van der Waals surface area contributed by atoms with Gasteiger partial charge in [-0.05, 0) is 69.1 Å². The van der Waals surface area contributed by atoms with Crippen molar-refractivity contribution in [3.63, 3.8) is 0 Å². The molecule has 7 heteroatoms. The van der Waals surface area contributed by atoms with Gasteiger partial charge in [0, 0.05) is 43.5 Å². The zero-order valence-electron chi connectivity index (χ0n) is 20.5. The first-order valence-electron chi connectivity index (χ1n) is 12.3. The number of nitrogens with one attached hydrogen (secondary N) is 1. The molecule has 34 heavy (non-hydrogen) atoms. The molecule has 7 nitrogen and oxygen atoms in total. The molecule has 1 saturated heterocycles. The Balaban J connectivity index is 1.78. The highest BCUT2D eigenvalue weighted by molar-refractivity contribution is 5.77. The number of aryl methyl sites for hydroxylation is 1. The second-order valence-electron chi connectivity index (χ2n) is 9.20. The maximum atomic E-state index is 12.9. The van der Waals surface area contributed by atoms with E-state index in [-0.39, 0.29) is 36.4 Å². The molecular weight excluding hydrogens is 432 g/mol. The van der Waals surface area contributed by atoms with Crippen LogP contribution in [0, 0.1) is 24.7 Å². The van der Waals surface area contributed by atoms with Crippen LogP contribution in [0.25, 0.3) is 0 Å². The number of hydrogen-bond acceptors (Lipinski definition) is 5. The third-order valence-electron chi connectivity index (χ3n) is 6.69. The summed E-state index contributed by atoms with van der Waals surface area (Å²) in [5.74, 6) is 6.11. The molecular formula is C27H36N2O5. The smallest absolute Gasteiger partial charge is 0.409 e. The SMILES string of the molecule is CCCNC(=O)CCCC(=O)O[C@@]1(C#Cc2cccc(C)c2)CCC[C@@H]2[C@H]1CCN2C(=O)OC. The van der Waals surface area contributed by atoms with Crippen LogP contribution in [0.5, 0.6) is 0 Å². The lowest BCUT2D eigenvalue weighted by Crippen LogP contribution is -2.51. The van der Waals surface area contributed by atoms with Crippen LogP contribution in [0.2, 0.25) is 0 Å². The Bertz CT molecular complexity index is 950. The summed E-state index contributed by atoms with van der Waals surface area (Å²) in [6.07, 6.45) is 4.37. The van der Waals surface area contributed by atoms with E-state index >= 15 is 0 Å². The summed E-state index contributed by atoms with van der Waals surface area (Å²) < 4.78 is 11.1. The van der Waals surface area contributed by atoms with Gasteiger partial charge in [-0.2, -0.15) is 0 Å². The van der Waals surface area contributed by atoms with Crippen molar-refractivity contribution in [2.45, 2.75) is 76.9 Å². The first kappa shape index (κ1) is 25.6. The van der Waals surface area contributed by atoms with Crippen LogP contribution in [0.3, 0.4) is 0 Å². The van der Waals surface area contributed by atoms with Crippen LogP contribution in [-0.2, 0) is 19.1 Å². The van der Waals surface area contributed by atoms with Gasteiger partial charge in [0.15, 0.2) is 5.60 Å². The van der Waals surface area contributed by atoms with E-state index in [2.05, 4.69) is 17.2 Å². The average molecular weight is 469 g/mol. The molecule has 3 atom stereocenters. The fourth-order valence-electron chi connectivity index (χ4n) is 5.07. The molecule has 0 unspecified atom stereocenters. The summed E-state index contributed by atoms with van der Waals surface area (Å²) in [7, 11) is 1.39. The second-order valence-corrected chi connectivity index (χ2v) is 9.20. The summed E-state index contributed by atoms with van der Waals surface area (Å²) in [6, 6.07) is 7.85. The molecule has 0 radical (unpaired) electrons. The number of nitrogens with zero attached hydrogens (tertiary/aromatic N) is 1. The summed E-state index contributed by atoms with van der Waals surface area (Å²) >= 11 is 0. The summed E-state index contributed by atoms with van der Waals surface area (Å²) in [6.45, 7) is 5.21. The van der Waals surface area contributed by atoms with Gasteiger partial charge in [0.25, 0.3) is 0 Å². The maximum absolute atomic E-state index is 12.9. The van der Waals surface area contributed by atoms with Crippen molar-refractivity contribution < 1.29 is 23.9 Å². The van der Waals surface area contributed by atoms with Gasteiger partial charge in [0.2, 0.25) is 5.91 Å². The molecule has 2 fully saturated rings. The molecule has 3 rings (SSSR count). The molecule has 0 spiro atoms. The van der Waals surface area contributed by atoms with Gasteiger partial charge in [-0.3, -0.25) is 9.59 Å². The molecule has 1 aliphatic carbocycles. The first-order chi connectivity index (χ1) is 16.4. The number of likely N-dealkylation sites (tertiary alicyclic amines) is 1. The number of esters is 1. The number of hydrogen-bond donors (Lipinski definition) is 1. The van der Waals surface area contributed by atoms with Crippen molar-refractivity contribution in [1.29, 1.82) is 0 Å². The topological polar surface area (TPSA) is 84.9 Å². The zero-order chi connectivity index (χ0) is 24.6. The van der Waals surface area contributed by atoms with E-state index in [4.69, 9.17) is 9.47 Å². The van der Waals surface area contributed by atoms with Crippen molar-refractivity contribution in [3.05, 3.63) is 35.4 Å². The first-order valence-corrected chi connectivity index (χ1v) is 12.3. The Morgan fingerprint density at radius 1 is 1.24 bits per heavy atom. The number of carbonyl (C=O) groups is 3. The molecule has 0 bridgehead atoms. The third-order valence-corrected chi connectivity index (χ3v) is 6.69. The van der Waals surface area contributed by atoms with Crippen molar-refractivity contribution in [1.82, 2.24) is 10.2 Å². The van der Waals surface area contributed by atoms with E-state index in [1.165, 1.54) is 7.11 Å². The van der Waals surface area contributed by atoms with E-state index in [1.807, 2.05) is 38.1 Å². The number of ether oxygens (including phenoxy) is 2. The van der Waals surface area contributed by atoms with Crippen LogP contribution in [0.1, 0.15) is 69.4 Å². The summed E-state index contributed by atoms with van der Waals surface area (Å²) in [4.78, 5) is 38.8. The predicted octanol–water partition coefficient (Wildman–Crippen LogP) is 3.97. The molecule has 1 heterocycles. The van der Waals surface area contributed by atoms with Crippen molar-refractivity contribution in [3.8, 4) is 11.8 Å². The van der Waals surface area contributed by atoms with E-state index < -0.39 is 5.60 Å². The highest BCUT2D eigenvalue weighted by atomic mass is 16.6. The van der Waals surface area contributed by atoms with E-state index in [0.717, 1.165) is 30.4 Å². The normalized spacial score (nSPS) is 23.3. The Morgan fingerprint density at radius 2 is 2.06 bits per heavy atom. The monoisotopic (exact) mass is 468 g/mol. The van der Waals surface area contributed by atoms with Gasteiger partial charge in [-0.15, -0.1) is 0 Å². The van der Waals surface area contributed by atoms with Gasteiger partial charge in [-0.25, -0.2) is 4.79 Å². The largest absolute Gasteiger partial charge is 0.453 e. The number of rotatable bonds is 7. The van der Waals surface area contributed by atoms with Gasteiger partial charge in [-0.1, -0.05) is 25.0 Å². The number of benzene rings is 1. The van der Waals surface area contributed by atoms with Crippen molar-refractivity contribution in [2.75, 3.05) is 20.2 Å². The van der Waals surface area contributed by atoms with Gasteiger partial charge in [0.1, 0.15) is 0 Å². The number of amides is 2. The van der Waals surface area contributed by atoms with Crippen LogP contribution in [0.15, 0.2) is 24.3 Å². The fourth-order valence-corrected chi connectivity index (χ4v) is 5.07. The lowest BCUT2D eigenvalue weighted by Gasteiger charge is -2.42. The number of methoxy groups -OCH3 is 1. The van der Waals surface area contributed by atoms with Gasteiger partial charge < -0.3 is 19.7 Å². The van der Waals surface area contributed by atoms with E-state index in [9.17, 15) is 14.4 Å². The Morgan fingerprint density at radius 3 is 2.79 bits per heavy atom. The van der Waals surface area contributed by atoms with Gasteiger partial charge >= 0.3 is 12.1 Å². The molecule has 1 saturated carbocycles. The highest BCUT2D eigenvalue weighted by Crippen LogP contribution is 2.45. The standard InChI is InChI=1S/C27H36N2O5/c1-4-17-28-24(30)11-6-12-25(31)34-27(16-13-21-9-5-8-20(2)19-21)15-7-10-23-22(27)14-18-29(23)26(32)33-3/h5,8-9,19,22-23H,4,6-7,10-12,14-15,17-18H2,1-3H3,(H,28,30)/t22-,23-,27-/m1/s1. The average Bonchev–Trinajstić information content (AvgIpc) is 3.27. The van der Waals surface area contributed by atoms with Gasteiger partial charge in [0.05, 0.1) is 7.11 Å². The number of carbonyl (C=O) groups excluding carboxylic acids is 3. The zero-order valence-corrected chi connectivity index (χ0v) is 20.5. The minimum absolute atomic E-state index is 0.0501. The Hall–Kier alpha value is -3.01. The molecule has 1 aliphatic heterocycles. The molecule has 184 valence electrons. The molecule has 0 aromatic heterocycles. The Kier molecular flexibility index (Phi) is 8.98. The van der Waals surface area contributed by atoms with Crippen molar-refractivity contribution >= 4 is 18.0 Å². The van der Waals surface area contributed by atoms with E-state index in [0.29, 0.717) is 38.8 Å². The summed E-state index contributed by atoms with van der Waals surface area (Å²) in [5.41, 5.74) is 1.02. The molecule has 1 aromatic carbocycles. The molecule has 2 aliphatic rings. The second kappa shape index (κ2) is 11.9. The summed E-state index contributed by atoms with van der Waals surface area (Å²) in [5, 5.41) is 2.83. The lowest BCUT2D eigenvalue weighted by atomic mass is 9.72. The molecule has 1 N–H and O–H groups in total. The quantitative estimate of drug-likeness (QED) is 0.484. The number of fused-ring (bicyclic) bond motifs is 1. The van der Waals surface area contributed by atoms with Crippen LogP contribution in [0.4, 0.5) is 4.79 Å². The van der Waals surface area contributed by atoms with E-state index in [1.54, 1.807) is 4.90 Å². The minimum atomic E-state index is -0.961. The molecule has 1 aromatic rings. The Labute approximate surface area is 202 Å². The highest BCUT2D eigenvalue weighted by Gasteiger charge is 2.53. The maximum Gasteiger partial charge on any atom is 0.409 e. The fraction of sp³-hybridized carbons (Fsp3) is 0.593. The lowest BCUT2D eigenvalue weighted by molar-refractivity contribution is -0.162.